The minimum absolute atomic E-state index is 0.180. The number of thiophene rings is 1. The van der Waals surface area contributed by atoms with Gasteiger partial charge in [0.15, 0.2) is 0 Å². The Morgan fingerprint density at radius 3 is 3.05 bits per heavy atom. The first-order valence-corrected chi connectivity index (χ1v) is 9.00. The molecule has 0 spiro atoms. The van der Waals surface area contributed by atoms with Gasteiger partial charge in [0, 0.05) is 16.8 Å². The maximum absolute atomic E-state index is 6.53. The molecular formula is C17H20BrNOS. The van der Waals surface area contributed by atoms with Crippen molar-refractivity contribution >= 4 is 27.3 Å². The van der Waals surface area contributed by atoms with Gasteiger partial charge in [-0.05, 0) is 76.3 Å². The van der Waals surface area contributed by atoms with Crippen LogP contribution in [0, 0.1) is 0 Å². The third kappa shape index (κ3) is 3.17. The third-order valence-electron chi connectivity index (χ3n) is 4.30. The van der Waals surface area contributed by atoms with Crippen molar-refractivity contribution in [1.29, 1.82) is 0 Å². The Hall–Kier alpha value is -0.840. The Morgan fingerprint density at radius 1 is 1.43 bits per heavy atom. The molecular weight excluding hydrogens is 346 g/mol. The van der Waals surface area contributed by atoms with Gasteiger partial charge in [-0.2, -0.15) is 0 Å². The number of methoxy groups -OCH3 is 1. The highest BCUT2D eigenvalue weighted by molar-refractivity contribution is 9.10. The molecule has 1 aliphatic carbocycles. The van der Waals surface area contributed by atoms with Crippen LogP contribution < -0.4 is 10.5 Å². The van der Waals surface area contributed by atoms with Gasteiger partial charge in [-0.25, -0.2) is 0 Å². The van der Waals surface area contributed by atoms with Crippen LogP contribution in [-0.4, -0.2) is 13.2 Å². The molecule has 0 saturated heterocycles. The molecule has 0 aliphatic heterocycles. The molecule has 0 saturated carbocycles. The number of hydrogen-bond donors (Lipinski definition) is 1. The summed E-state index contributed by atoms with van der Waals surface area (Å²) in [6.45, 7) is 0. The van der Waals surface area contributed by atoms with Crippen LogP contribution in [0.4, 0.5) is 0 Å². The monoisotopic (exact) mass is 365 g/mol. The van der Waals surface area contributed by atoms with Crippen LogP contribution in [-0.2, 0) is 12.8 Å². The Balaban J connectivity index is 1.75. The smallest absolute Gasteiger partial charge is 0.133 e. The van der Waals surface area contributed by atoms with Crippen molar-refractivity contribution in [3.05, 3.63) is 50.1 Å². The molecule has 112 valence electrons. The molecule has 21 heavy (non-hydrogen) atoms. The van der Waals surface area contributed by atoms with Gasteiger partial charge < -0.3 is 10.5 Å². The predicted octanol–water partition coefficient (Wildman–Crippen LogP) is 4.51. The van der Waals surface area contributed by atoms with Gasteiger partial charge in [-0.3, -0.25) is 0 Å². The van der Waals surface area contributed by atoms with Crippen LogP contribution in [0.5, 0.6) is 5.75 Å². The lowest BCUT2D eigenvalue weighted by molar-refractivity contribution is 0.411. The maximum Gasteiger partial charge on any atom is 0.133 e. The molecule has 2 aromatic rings. The van der Waals surface area contributed by atoms with E-state index in [0.717, 1.165) is 16.6 Å². The van der Waals surface area contributed by atoms with Crippen molar-refractivity contribution in [2.24, 2.45) is 5.73 Å². The van der Waals surface area contributed by atoms with Gasteiger partial charge in [0.05, 0.1) is 11.6 Å². The van der Waals surface area contributed by atoms with E-state index in [2.05, 4.69) is 39.5 Å². The van der Waals surface area contributed by atoms with E-state index in [1.165, 1.54) is 35.3 Å². The van der Waals surface area contributed by atoms with E-state index >= 15 is 0 Å². The zero-order valence-electron chi connectivity index (χ0n) is 12.1. The van der Waals surface area contributed by atoms with Crippen LogP contribution in [0.3, 0.4) is 0 Å². The van der Waals surface area contributed by atoms with Crippen molar-refractivity contribution in [1.82, 2.24) is 0 Å². The summed E-state index contributed by atoms with van der Waals surface area (Å²) in [7, 11) is 1.69. The number of fused-ring (bicyclic) bond motifs is 1. The summed E-state index contributed by atoms with van der Waals surface area (Å²) in [6.07, 6.45) is 4.60. The Labute approximate surface area is 138 Å². The molecule has 1 heterocycles. The molecule has 1 aliphatic rings. The fourth-order valence-corrected chi connectivity index (χ4v) is 4.80. The van der Waals surface area contributed by atoms with Crippen molar-refractivity contribution in [3.8, 4) is 5.75 Å². The number of aryl methyl sites for hydroxylation is 1. The van der Waals surface area contributed by atoms with E-state index in [0.29, 0.717) is 5.92 Å². The van der Waals surface area contributed by atoms with Gasteiger partial charge in [-0.15, -0.1) is 11.3 Å². The highest BCUT2D eigenvalue weighted by Crippen LogP contribution is 2.37. The van der Waals surface area contributed by atoms with Crippen LogP contribution >= 0.6 is 27.3 Å². The van der Waals surface area contributed by atoms with Crippen LogP contribution in [0.1, 0.15) is 34.8 Å². The van der Waals surface area contributed by atoms with E-state index in [1.54, 1.807) is 7.11 Å². The summed E-state index contributed by atoms with van der Waals surface area (Å²) >= 11 is 5.43. The summed E-state index contributed by atoms with van der Waals surface area (Å²) < 4.78 is 6.28. The lowest BCUT2D eigenvalue weighted by atomic mass is 9.81. The normalized spacial score (nSPS) is 19.1. The number of halogens is 1. The Morgan fingerprint density at radius 2 is 2.29 bits per heavy atom. The highest BCUT2D eigenvalue weighted by Gasteiger charge is 2.26. The third-order valence-corrected chi connectivity index (χ3v) is 5.92. The van der Waals surface area contributed by atoms with Gasteiger partial charge in [0.2, 0.25) is 0 Å². The van der Waals surface area contributed by atoms with Gasteiger partial charge >= 0.3 is 0 Å². The summed E-state index contributed by atoms with van der Waals surface area (Å²) in [5, 5.41) is 2.21. The van der Waals surface area contributed by atoms with E-state index in [4.69, 9.17) is 10.5 Å². The minimum Gasteiger partial charge on any atom is -0.496 e. The van der Waals surface area contributed by atoms with Gasteiger partial charge in [0.1, 0.15) is 5.75 Å². The first kappa shape index (κ1) is 15.1. The standard InChI is InChI=1S/C17H20BrNOS/c1-20-16-6-5-11(9-14(16)18)10-15(19)12-3-2-4-17-13(12)7-8-21-17/h5-9,12,15H,2-4,10,19H2,1H3. The zero-order valence-corrected chi connectivity index (χ0v) is 14.5. The van der Waals surface area contributed by atoms with Gasteiger partial charge in [-0.1, -0.05) is 6.07 Å². The van der Waals surface area contributed by atoms with Crippen molar-refractivity contribution in [2.75, 3.05) is 7.11 Å². The Kier molecular flexibility index (Phi) is 4.67. The maximum atomic E-state index is 6.53. The topological polar surface area (TPSA) is 35.2 Å². The van der Waals surface area contributed by atoms with Crippen LogP contribution in [0.15, 0.2) is 34.1 Å². The quantitative estimate of drug-likeness (QED) is 0.864. The Bertz CT molecular complexity index is 625. The van der Waals surface area contributed by atoms with E-state index in [-0.39, 0.29) is 6.04 Å². The molecule has 0 radical (unpaired) electrons. The van der Waals surface area contributed by atoms with Crippen molar-refractivity contribution < 1.29 is 4.74 Å². The minimum atomic E-state index is 0.180. The summed E-state index contributed by atoms with van der Waals surface area (Å²) in [5.41, 5.74) is 9.29. The average Bonchev–Trinajstić information content (AvgIpc) is 2.95. The SMILES string of the molecule is COc1ccc(CC(N)C2CCCc3sccc32)cc1Br. The fourth-order valence-electron chi connectivity index (χ4n) is 3.22. The summed E-state index contributed by atoms with van der Waals surface area (Å²) in [6, 6.07) is 8.69. The molecule has 4 heteroatoms. The average molecular weight is 366 g/mol. The second-order valence-electron chi connectivity index (χ2n) is 5.63. The number of nitrogens with two attached hydrogens (primary N) is 1. The predicted molar refractivity (Wildman–Crippen MR) is 92.4 cm³/mol. The zero-order chi connectivity index (χ0) is 14.8. The highest BCUT2D eigenvalue weighted by atomic mass is 79.9. The number of ether oxygens (including phenoxy) is 1. The largest absolute Gasteiger partial charge is 0.496 e. The van der Waals surface area contributed by atoms with Crippen LogP contribution in [0.2, 0.25) is 0 Å². The second-order valence-corrected chi connectivity index (χ2v) is 7.49. The molecule has 2 N–H and O–H groups in total. The second kappa shape index (κ2) is 6.51. The van der Waals surface area contributed by atoms with E-state index in [1.807, 2.05) is 17.4 Å². The summed E-state index contributed by atoms with van der Waals surface area (Å²) in [4.78, 5) is 1.54. The first-order valence-electron chi connectivity index (χ1n) is 7.33. The molecule has 1 aromatic heterocycles. The lowest BCUT2D eigenvalue weighted by Gasteiger charge is -2.28. The number of rotatable bonds is 4. The molecule has 0 amide bonds. The molecule has 2 nitrogen and oxygen atoms in total. The van der Waals surface area contributed by atoms with E-state index < -0.39 is 0 Å². The molecule has 1 aromatic carbocycles. The van der Waals surface area contributed by atoms with Crippen molar-refractivity contribution in [3.63, 3.8) is 0 Å². The van der Waals surface area contributed by atoms with Crippen LogP contribution in [0.25, 0.3) is 0 Å². The molecule has 0 bridgehead atoms. The lowest BCUT2D eigenvalue weighted by Crippen LogP contribution is -2.32. The van der Waals surface area contributed by atoms with Gasteiger partial charge in [0.25, 0.3) is 0 Å². The molecule has 3 rings (SSSR count). The number of hydrogen-bond acceptors (Lipinski definition) is 3. The van der Waals surface area contributed by atoms with E-state index in [9.17, 15) is 0 Å². The molecule has 2 unspecified atom stereocenters. The molecule has 2 atom stereocenters. The number of benzene rings is 1. The summed E-state index contributed by atoms with van der Waals surface area (Å²) in [5.74, 6) is 1.37. The van der Waals surface area contributed by atoms with Crippen molar-refractivity contribution in [2.45, 2.75) is 37.6 Å². The fraction of sp³-hybridized carbons (Fsp3) is 0.412. The molecule has 0 fully saturated rings. The first-order chi connectivity index (χ1) is 10.2.